The summed E-state index contributed by atoms with van der Waals surface area (Å²) in [5, 5.41) is 3.55. The van der Waals surface area contributed by atoms with Gasteiger partial charge in [0.05, 0.1) is 11.5 Å². The lowest BCUT2D eigenvalue weighted by molar-refractivity contribution is 0.208. The minimum Gasteiger partial charge on any atom is -0.382 e. The van der Waals surface area contributed by atoms with E-state index in [0.717, 1.165) is 36.9 Å². The fourth-order valence-corrected chi connectivity index (χ4v) is 4.18. The molecule has 134 valence electrons. The topological polar surface area (TPSA) is 55.4 Å². The highest BCUT2D eigenvalue weighted by Gasteiger charge is 2.24. The number of aryl methyl sites for hydroxylation is 1. The predicted octanol–water partition coefficient (Wildman–Crippen LogP) is 4.37. The molecule has 4 nitrogen and oxygen atoms in total. The van der Waals surface area contributed by atoms with Crippen LogP contribution in [0, 0.1) is 12.8 Å². The third-order valence-corrected chi connectivity index (χ3v) is 6.06. The van der Waals surface area contributed by atoms with Gasteiger partial charge in [0.1, 0.15) is 0 Å². The van der Waals surface area contributed by atoms with Gasteiger partial charge >= 0.3 is 0 Å². The zero-order valence-electron chi connectivity index (χ0n) is 14.5. The van der Waals surface area contributed by atoms with Gasteiger partial charge < -0.3 is 5.32 Å². The van der Waals surface area contributed by atoms with Crippen LogP contribution in [0.4, 0.5) is 5.69 Å². The highest BCUT2D eigenvalue weighted by atomic mass is 32.2. The minimum atomic E-state index is -3.65. The van der Waals surface area contributed by atoms with Crippen molar-refractivity contribution in [3.8, 4) is 0 Å². The number of benzene rings is 2. The van der Waals surface area contributed by atoms with Crippen molar-refractivity contribution in [2.75, 3.05) is 11.9 Å². The van der Waals surface area contributed by atoms with Crippen molar-refractivity contribution in [3.05, 3.63) is 60.2 Å². The van der Waals surface area contributed by atoms with Gasteiger partial charge in [0, 0.05) is 11.7 Å². The van der Waals surface area contributed by atoms with E-state index < -0.39 is 10.1 Å². The summed E-state index contributed by atoms with van der Waals surface area (Å²) in [5.74, 6) is 0.300. The summed E-state index contributed by atoms with van der Waals surface area (Å²) in [7, 11) is -3.65. The highest BCUT2D eigenvalue weighted by Crippen LogP contribution is 2.28. The molecule has 0 bridgehead atoms. The lowest BCUT2D eigenvalue weighted by atomic mass is 9.86. The molecular formula is C20H25NO3S. The molecule has 0 spiro atoms. The van der Waals surface area contributed by atoms with E-state index in [-0.39, 0.29) is 11.5 Å². The van der Waals surface area contributed by atoms with Crippen LogP contribution < -0.4 is 5.32 Å². The van der Waals surface area contributed by atoms with E-state index >= 15 is 0 Å². The van der Waals surface area contributed by atoms with Gasteiger partial charge in [0.25, 0.3) is 10.1 Å². The van der Waals surface area contributed by atoms with E-state index in [1.54, 1.807) is 24.3 Å². The molecule has 0 saturated heterocycles. The van der Waals surface area contributed by atoms with Crippen molar-refractivity contribution in [1.29, 1.82) is 0 Å². The summed E-state index contributed by atoms with van der Waals surface area (Å²) >= 11 is 0. The summed E-state index contributed by atoms with van der Waals surface area (Å²) in [6.45, 7) is 2.20. The molecule has 0 radical (unpaired) electrons. The maximum atomic E-state index is 12.3. The predicted molar refractivity (Wildman–Crippen MR) is 100 cm³/mol. The molecular weight excluding hydrogens is 334 g/mol. The van der Waals surface area contributed by atoms with E-state index in [4.69, 9.17) is 4.18 Å². The number of hydrogen-bond donors (Lipinski definition) is 1. The van der Waals surface area contributed by atoms with Crippen LogP contribution in [0.25, 0.3) is 0 Å². The van der Waals surface area contributed by atoms with E-state index in [2.05, 4.69) is 17.4 Å². The Morgan fingerprint density at radius 1 is 0.960 bits per heavy atom. The van der Waals surface area contributed by atoms with Crippen molar-refractivity contribution in [2.45, 2.75) is 43.5 Å². The molecule has 0 heterocycles. The van der Waals surface area contributed by atoms with Crippen LogP contribution >= 0.6 is 0 Å². The van der Waals surface area contributed by atoms with Gasteiger partial charge in [-0.3, -0.25) is 4.18 Å². The van der Waals surface area contributed by atoms with Gasteiger partial charge in [-0.25, -0.2) is 0 Å². The first kappa shape index (κ1) is 18.0. The molecule has 1 fully saturated rings. The largest absolute Gasteiger partial charge is 0.382 e. The van der Waals surface area contributed by atoms with Gasteiger partial charge in [-0.15, -0.1) is 0 Å². The van der Waals surface area contributed by atoms with Gasteiger partial charge in [-0.05, 0) is 62.8 Å². The van der Waals surface area contributed by atoms with Crippen molar-refractivity contribution < 1.29 is 12.6 Å². The summed E-state index contributed by atoms with van der Waals surface area (Å²) in [6, 6.07) is 17.4. The second-order valence-corrected chi connectivity index (χ2v) is 8.40. The fourth-order valence-electron chi connectivity index (χ4n) is 3.20. The molecule has 0 amide bonds. The van der Waals surface area contributed by atoms with E-state index in [1.807, 2.05) is 25.1 Å². The lowest BCUT2D eigenvalue weighted by Crippen LogP contribution is -2.28. The summed E-state index contributed by atoms with van der Waals surface area (Å²) in [6.07, 6.45) is 4.03. The van der Waals surface area contributed by atoms with Crippen molar-refractivity contribution >= 4 is 15.8 Å². The molecule has 2 aromatic carbocycles. The summed E-state index contributed by atoms with van der Waals surface area (Å²) in [5.41, 5.74) is 2.17. The first-order valence-corrected chi connectivity index (χ1v) is 10.2. The van der Waals surface area contributed by atoms with Gasteiger partial charge in [0.2, 0.25) is 0 Å². The maximum absolute atomic E-state index is 12.3. The minimum absolute atomic E-state index is 0.234. The molecule has 0 aliphatic heterocycles. The van der Waals surface area contributed by atoms with Crippen LogP contribution in [0.15, 0.2) is 59.5 Å². The zero-order valence-corrected chi connectivity index (χ0v) is 15.3. The first-order chi connectivity index (χ1) is 12.0. The molecule has 0 aromatic heterocycles. The monoisotopic (exact) mass is 359 g/mol. The quantitative estimate of drug-likeness (QED) is 0.778. The standard InChI is InChI=1S/C20H25NO3S/c1-16-7-13-20(14-8-16)25(22,23)24-15-17-9-11-19(12-10-17)21-18-5-3-2-4-6-18/h2-8,13-14,17,19,21H,9-12,15H2,1H3. The Bertz CT molecular complexity index is 764. The van der Waals surface area contributed by atoms with Crippen LogP contribution in [0.2, 0.25) is 0 Å². The Morgan fingerprint density at radius 2 is 1.60 bits per heavy atom. The second-order valence-electron chi connectivity index (χ2n) is 6.78. The number of hydrogen-bond acceptors (Lipinski definition) is 4. The number of rotatable bonds is 6. The molecule has 5 heteroatoms. The van der Waals surface area contributed by atoms with Gasteiger partial charge in [-0.2, -0.15) is 8.42 Å². The molecule has 1 aliphatic rings. The van der Waals surface area contributed by atoms with Crippen LogP contribution in [0.5, 0.6) is 0 Å². The highest BCUT2D eigenvalue weighted by molar-refractivity contribution is 7.86. The SMILES string of the molecule is Cc1ccc(S(=O)(=O)OCC2CCC(Nc3ccccc3)CC2)cc1. The van der Waals surface area contributed by atoms with E-state index in [1.165, 1.54) is 0 Å². The Hall–Kier alpha value is -1.85. The molecule has 0 unspecified atom stereocenters. The number of para-hydroxylation sites is 1. The van der Waals surface area contributed by atoms with Crippen LogP contribution in [0.1, 0.15) is 31.2 Å². The van der Waals surface area contributed by atoms with E-state index in [0.29, 0.717) is 12.0 Å². The van der Waals surface area contributed by atoms with Crippen molar-refractivity contribution in [1.82, 2.24) is 0 Å². The summed E-state index contributed by atoms with van der Waals surface area (Å²) < 4.78 is 29.8. The molecule has 1 N–H and O–H groups in total. The van der Waals surface area contributed by atoms with Crippen molar-refractivity contribution in [2.24, 2.45) is 5.92 Å². The third kappa shape index (κ3) is 5.06. The molecule has 0 atom stereocenters. The second kappa shape index (κ2) is 8.02. The number of nitrogens with one attached hydrogen (secondary N) is 1. The van der Waals surface area contributed by atoms with Gasteiger partial charge in [0.15, 0.2) is 0 Å². The van der Waals surface area contributed by atoms with Crippen LogP contribution in [-0.2, 0) is 14.3 Å². The molecule has 3 rings (SSSR count). The maximum Gasteiger partial charge on any atom is 0.296 e. The molecule has 2 aromatic rings. The van der Waals surface area contributed by atoms with Gasteiger partial charge in [-0.1, -0.05) is 35.9 Å². The van der Waals surface area contributed by atoms with E-state index in [9.17, 15) is 8.42 Å². The van der Waals surface area contributed by atoms with Crippen molar-refractivity contribution in [3.63, 3.8) is 0 Å². The number of anilines is 1. The average Bonchev–Trinajstić information content (AvgIpc) is 2.62. The smallest absolute Gasteiger partial charge is 0.296 e. The average molecular weight is 359 g/mol. The summed E-state index contributed by atoms with van der Waals surface area (Å²) in [4.78, 5) is 0.234. The Balaban J connectivity index is 1.47. The molecule has 1 aliphatic carbocycles. The molecule has 1 saturated carbocycles. The Labute approximate surface area is 150 Å². The third-order valence-electron chi connectivity index (χ3n) is 4.76. The Morgan fingerprint density at radius 3 is 2.24 bits per heavy atom. The van der Waals surface area contributed by atoms with Crippen LogP contribution in [0.3, 0.4) is 0 Å². The normalized spacial score (nSPS) is 21.0. The fraction of sp³-hybridized carbons (Fsp3) is 0.400. The molecule has 25 heavy (non-hydrogen) atoms. The lowest BCUT2D eigenvalue weighted by Gasteiger charge is -2.29. The Kier molecular flexibility index (Phi) is 5.76. The van der Waals surface area contributed by atoms with Crippen LogP contribution in [-0.4, -0.2) is 21.1 Å². The first-order valence-electron chi connectivity index (χ1n) is 8.80. The zero-order chi connectivity index (χ0) is 17.7.